The summed E-state index contributed by atoms with van der Waals surface area (Å²) < 4.78 is 1.47. The van der Waals surface area contributed by atoms with Gasteiger partial charge in [-0.25, -0.2) is 4.98 Å². The second kappa shape index (κ2) is 4.06. The summed E-state index contributed by atoms with van der Waals surface area (Å²) >= 11 is 1.57. The normalized spacial score (nSPS) is 33.5. The fourth-order valence-corrected chi connectivity index (χ4v) is 5.66. The van der Waals surface area contributed by atoms with Crippen LogP contribution in [-0.4, -0.2) is 27.2 Å². The van der Waals surface area contributed by atoms with Crippen molar-refractivity contribution in [1.29, 1.82) is 0 Å². The van der Waals surface area contributed by atoms with E-state index in [4.69, 9.17) is 0 Å². The summed E-state index contributed by atoms with van der Waals surface area (Å²) in [5.74, 6) is 2.70. The molecule has 2 aromatic heterocycles. The van der Waals surface area contributed by atoms with Crippen LogP contribution < -0.4 is 10.5 Å². The molecule has 5 nitrogen and oxygen atoms in total. The fraction of sp³-hybridized carbons (Fsp3) is 0.667. The zero-order valence-electron chi connectivity index (χ0n) is 12.0. The summed E-state index contributed by atoms with van der Waals surface area (Å²) in [6.45, 7) is 3.15. The van der Waals surface area contributed by atoms with Crippen LogP contribution in [0.1, 0.15) is 31.9 Å². The molecule has 3 heterocycles. The Morgan fingerprint density at radius 1 is 1.38 bits per heavy atom. The number of rotatable bonds is 2. The van der Waals surface area contributed by atoms with Crippen molar-refractivity contribution in [2.45, 2.75) is 38.6 Å². The number of hydrogen-bond acceptors (Lipinski definition) is 5. The third-order valence-corrected chi connectivity index (χ3v) is 6.65. The van der Waals surface area contributed by atoms with E-state index in [1.165, 1.54) is 23.8 Å². The molecule has 0 radical (unpaired) electrons. The summed E-state index contributed by atoms with van der Waals surface area (Å²) in [7, 11) is 0. The van der Waals surface area contributed by atoms with E-state index in [1.54, 1.807) is 17.4 Å². The van der Waals surface area contributed by atoms with Crippen LogP contribution in [0.5, 0.6) is 0 Å². The van der Waals surface area contributed by atoms with Crippen LogP contribution in [0.15, 0.2) is 10.9 Å². The van der Waals surface area contributed by atoms with Crippen LogP contribution in [0.25, 0.3) is 4.96 Å². The monoisotopic (exact) mass is 302 g/mol. The molecule has 6 heteroatoms. The summed E-state index contributed by atoms with van der Waals surface area (Å²) in [6.07, 6.45) is 5.01. The molecule has 0 unspecified atom stereocenters. The van der Waals surface area contributed by atoms with Gasteiger partial charge in [-0.15, -0.1) is 5.10 Å². The maximum absolute atomic E-state index is 12.1. The van der Waals surface area contributed by atoms with Crippen LogP contribution >= 0.6 is 11.3 Å². The third kappa shape index (κ3) is 1.54. The Kier molecular flexibility index (Phi) is 2.35. The van der Waals surface area contributed by atoms with E-state index in [2.05, 4.69) is 15.0 Å². The first-order valence-corrected chi connectivity index (χ1v) is 8.72. The fourth-order valence-electron chi connectivity index (χ4n) is 4.68. The first kappa shape index (κ1) is 12.1. The Bertz CT molecular complexity index is 780. The zero-order chi connectivity index (χ0) is 14.1. The standard InChI is InChI=1S/C15H18N4OS/c1-2-10-6-12(20)19-14(16-10)21-15(17-19)18-7-11-8-3-4-9(5-8)13(11)18/h6,8-9,11,13H,2-5,7H2,1H3/t8-,9-,11+,13+/m0/s1. The topological polar surface area (TPSA) is 50.5 Å². The molecule has 0 aromatic carbocycles. The minimum absolute atomic E-state index is 0.0515. The molecule has 2 saturated carbocycles. The van der Waals surface area contributed by atoms with Crippen LogP contribution in [0.4, 0.5) is 5.13 Å². The van der Waals surface area contributed by atoms with Crippen molar-refractivity contribution in [3.63, 3.8) is 0 Å². The highest BCUT2D eigenvalue weighted by Gasteiger charge is 2.57. The molecule has 0 N–H and O–H groups in total. The average molecular weight is 302 g/mol. The smallest absolute Gasteiger partial charge is 0.275 e. The molecule has 3 fully saturated rings. The number of aryl methyl sites for hydroxylation is 1. The second-order valence-corrected chi connectivity index (χ2v) is 7.59. The van der Waals surface area contributed by atoms with Crippen molar-refractivity contribution in [2.24, 2.45) is 17.8 Å². The minimum Gasteiger partial charge on any atom is -0.343 e. The quantitative estimate of drug-likeness (QED) is 0.851. The van der Waals surface area contributed by atoms with E-state index in [1.807, 2.05) is 6.92 Å². The number of nitrogens with zero attached hydrogens (tertiary/aromatic N) is 4. The zero-order valence-corrected chi connectivity index (χ0v) is 12.8. The van der Waals surface area contributed by atoms with E-state index in [-0.39, 0.29) is 5.56 Å². The Balaban J connectivity index is 1.54. The van der Waals surface area contributed by atoms with Gasteiger partial charge in [0.05, 0.1) is 0 Å². The van der Waals surface area contributed by atoms with E-state index in [0.717, 1.165) is 46.5 Å². The number of anilines is 1. The van der Waals surface area contributed by atoms with Crippen molar-refractivity contribution in [3.8, 4) is 0 Å². The molecule has 1 saturated heterocycles. The number of aromatic nitrogens is 3. The van der Waals surface area contributed by atoms with Gasteiger partial charge in [-0.1, -0.05) is 18.3 Å². The van der Waals surface area contributed by atoms with E-state index in [9.17, 15) is 4.79 Å². The lowest BCUT2D eigenvalue weighted by Gasteiger charge is -2.50. The first-order chi connectivity index (χ1) is 10.2. The van der Waals surface area contributed by atoms with E-state index in [0.29, 0.717) is 6.04 Å². The van der Waals surface area contributed by atoms with Crippen LogP contribution in [0.2, 0.25) is 0 Å². The molecule has 2 aliphatic carbocycles. The Morgan fingerprint density at radius 3 is 3.05 bits per heavy atom. The highest BCUT2D eigenvalue weighted by atomic mass is 32.1. The average Bonchev–Trinajstić information content (AvgIpc) is 3.10. The van der Waals surface area contributed by atoms with Gasteiger partial charge in [0.25, 0.3) is 5.56 Å². The maximum atomic E-state index is 12.1. The summed E-state index contributed by atoms with van der Waals surface area (Å²) in [4.78, 5) is 19.8. The number of hydrogen-bond donors (Lipinski definition) is 0. The minimum atomic E-state index is -0.0515. The van der Waals surface area contributed by atoms with E-state index >= 15 is 0 Å². The predicted octanol–water partition coefficient (Wildman–Crippen LogP) is 1.95. The van der Waals surface area contributed by atoms with E-state index < -0.39 is 0 Å². The van der Waals surface area contributed by atoms with Gasteiger partial charge in [0.2, 0.25) is 10.1 Å². The molecule has 0 spiro atoms. The first-order valence-electron chi connectivity index (χ1n) is 7.91. The van der Waals surface area contributed by atoms with Gasteiger partial charge in [-0.2, -0.15) is 4.52 Å². The maximum Gasteiger partial charge on any atom is 0.275 e. The summed E-state index contributed by atoms with van der Waals surface area (Å²) in [6, 6.07) is 2.29. The molecular weight excluding hydrogens is 284 g/mol. The molecule has 0 amide bonds. The van der Waals surface area contributed by atoms with Crippen molar-refractivity contribution in [2.75, 3.05) is 11.4 Å². The van der Waals surface area contributed by atoms with Gasteiger partial charge in [0.1, 0.15) is 0 Å². The lowest BCUT2D eigenvalue weighted by Crippen LogP contribution is -2.59. The Labute approximate surface area is 126 Å². The van der Waals surface area contributed by atoms with Gasteiger partial charge in [0, 0.05) is 30.3 Å². The molecular formula is C15H18N4OS. The summed E-state index contributed by atoms with van der Waals surface area (Å²) in [5, 5.41) is 5.53. The highest BCUT2D eigenvalue weighted by Crippen LogP contribution is 2.56. The lowest BCUT2D eigenvalue weighted by molar-refractivity contribution is 0.199. The number of fused-ring (bicyclic) bond motifs is 6. The Hall–Kier alpha value is -1.43. The molecule has 3 aliphatic rings. The largest absolute Gasteiger partial charge is 0.343 e. The van der Waals surface area contributed by atoms with Crippen molar-refractivity contribution >= 4 is 21.4 Å². The molecule has 2 bridgehead atoms. The predicted molar refractivity (Wildman–Crippen MR) is 82.0 cm³/mol. The van der Waals surface area contributed by atoms with Crippen molar-refractivity contribution in [3.05, 3.63) is 22.1 Å². The SMILES string of the molecule is CCc1cc(=O)n2nc(N3C[C@@H]4[C@H]5CC[C@@H](C5)[C@H]43)sc2n1. The van der Waals surface area contributed by atoms with Crippen LogP contribution in [0.3, 0.4) is 0 Å². The van der Waals surface area contributed by atoms with Gasteiger partial charge < -0.3 is 4.90 Å². The van der Waals surface area contributed by atoms with Crippen molar-refractivity contribution < 1.29 is 0 Å². The molecule has 4 atom stereocenters. The van der Waals surface area contributed by atoms with Crippen molar-refractivity contribution in [1.82, 2.24) is 14.6 Å². The highest BCUT2D eigenvalue weighted by molar-refractivity contribution is 7.20. The van der Waals surface area contributed by atoms with Gasteiger partial charge in [0.15, 0.2) is 0 Å². The van der Waals surface area contributed by atoms with Gasteiger partial charge in [-0.05, 0) is 37.5 Å². The third-order valence-electron chi connectivity index (χ3n) is 5.70. The molecule has 2 aromatic rings. The van der Waals surface area contributed by atoms with Crippen LogP contribution in [-0.2, 0) is 6.42 Å². The van der Waals surface area contributed by atoms with Gasteiger partial charge in [-0.3, -0.25) is 4.79 Å². The Morgan fingerprint density at radius 2 is 2.24 bits per heavy atom. The summed E-state index contributed by atoms with van der Waals surface area (Å²) in [5.41, 5.74) is 0.806. The lowest BCUT2D eigenvalue weighted by atomic mass is 9.77. The van der Waals surface area contributed by atoms with Gasteiger partial charge >= 0.3 is 0 Å². The molecule has 5 rings (SSSR count). The second-order valence-electron chi connectivity index (χ2n) is 6.66. The molecule has 1 aliphatic heterocycles. The molecule has 110 valence electrons. The molecule has 21 heavy (non-hydrogen) atoms. The van der Waals surface area contributed by atoms with Crippen LogP contribution in [0, 0.1) is 17.8 Å².